The Labute approximate surface area is 187 Å². The van der Waals surface area contributed by atoms with Crippen LogP contribution in [0.15, 0.2) is 42.5 Å². The lowest BCUT2D eigenvalue weighted by atomic mass is 9.85. The predicted octanol–water partition coefficient (Wildman–Crippen LogP) is 7.32. The van der Waals surface area contributed by atoms with Crippen LogP contribution in [0, 0.1) is 11.8 Å². The van der Waals surface area contributed by atoms with Crippen LogP contribution in [0.4, 0.5) is 32.0 Å². The number of carbonyl (C=O) groups is 1. The molecule has 0 radical (unpaired) electrons. The van der Waals surface area contributed by atoms with Gasteiger partial charge in [0, 0.05) is 0 Å². The van der Waals surface area contributed by atoms with Crippen molar-refractivity contribution in [3.05, 3.63) is 64.2 Å². The van der Waals surface area contributed by atoms with Crippen molar-refractivity contribution in [2.24, 2.45) is 11.8 Å². The SMILES string of the molecule is CC(C(C(=O)Nc1cc(CC2CC2)ccc1Cl)c1ccc(CC(F)(F)F)cc1)C(F)(F)F. The van der Waals surface area contributed by atoms with Crippen molar-refractivity contribution in [1.29, 1.82) is 0 Å². The standard InChI is InChI=1S/C23H22ClF6NO/c1-13(23(28,29)30)20(17-7-4-15(5-8-17)12-22(25,26)27)21(32)31-19-11-16(6-9-18(19)24)10-14-2-3-14/h4-9,11,13-14,20H,2-3,10,12H2,1H3,(H,31,32). The summed E-state index contributed by atoms with van der Waals surface area (Å²) >= 11 is 6.15. The molecule has 1 N–H and O–H groups in total. The number of halogens is 7. The Kier molecular flexibility index (Phi) is 7.12. The van der Waals surface area contributed by atoms with E-state index in [0.29, 0.717) is 5.92 Å². The number of rotatable bonds is 7. The van der Waals surface area contributed by atoms with Gasteiger partial charge in [-0.3, -0.25) is 4.79 Å². The van der Waals surface area contributed by atoms with E-state index in [9.17, 15) is 31.1 Å². The van der Waals surface area contributed by atoms with Gasteiger partial charge >= 0.3 is 12.4 Å². The first kappa shape index (κ1) is 24.4. The lowest BCUT2D eigenvalue weighted by Gasteiger charge is -2.26. The maximum Gasteiger partial charge on any atom is 0.393 e. The van der Waals surface area contributed by atoms with E-state index in [1.807, 2.05) is 6.07 Å². The second kappa shape index (κ2) is 9.33. The highest BCUT2D eigenvalue weighted by molar-refractivity contribution is 6.33. The molecule has 2 nitrogen and oxygen atoms in total. The molecule has 0 bridgehead atoms. The Hall–Kier alpha value is -2.22. The number of carbonyl (C=O) groups excluding carboxylic acids is 1. The van der Waals surface area contributed by atoms with Crippen molar-refractivity contribution < 1.29 is 31.1 Å². The maximum atomic E-state index is 13.5. The summed E-state index contributed by atoms with van der Waals surface area (Å²) in [5.41, 5.74) is 1.01. The smallest absolute Gasteiger partial charge is 0.324 e. The summed E-state index contributed by atoms with van der Waals surface area (Å²) in [5.74, 6) is -4.08. The molecule has 1 aliphatic carbocycles. The predicted molar refractivity (Wildman–Crippen MR) is 111 cm³/mol. The van der Waals surface area contributed by atoms with E-state index in [1.54, 1.807) is 12.1 Å². The van der Waals surface area contributed by atoms with Crippen molar-refractivity contribution in [3.8, 4) is 0 Å². The summed E-state index contributed by atoms with van der Waals surface area (Å²) in [6.45, 7) is 0.874. The molecule has 0 heterocycles. The van der Waals surface area contributed by atoms with Crippen LogP contribution in [-0.2, 0) is 17.6 Å². The molecule has 3 rings (SSSR count). The third kappa shape index (κ3) is 6.64. The van der Waals surface area contributed by atoms with Crippen molar-refractivity contribution in [2.75, 3.05) is 5.32 Å². The topological polar surface area (TPSA) is 29.1 Å². The van der Waals surface area contributed by atoms with E-state index in [2.05, 4.69) is 5.32 Å². The van der Waals surface area contributed by atoms with Crippen molar-refractivity contribution in [1.82, 2.24) is 0 Å². The van der Waals surface area contributed by atoms with Gasteiger partial charge < -0.3 is 5.32 Å². The molecule has 0 aromatic heterocycles. The van der Waals surface area contributed by atoms with Gasteiger partial charge in [0.1, 0.15) is 0 Å². The summed E-state index contributed by atoms with van der Waals surface area (Å²) < 4.78 is 78.3. The van der Waals surface area contributed by atoms with Crippen LogP contribution in [0.25, 0.3) is 0 Å². The lowest BCUT2D eigenvalue weighted by molar-refractivity contribution is -0.178. The van der Waals surface area contributed by atoms with E-state index in [0.717, 1.165) is 56.0 Å². The minimum absolute atomic E-state index is 0.0245. The van der Waals surface area contributed by atoms with Gasteiger partial charge in [0.25, 0.3) is 0 Å². The Morgan fingerprint density at radius 3 is 2.16 bits per heavy atom. The highest BCUT2D eigenvalue weighted by Gasteiger charge is 2.45. The molecule has 1 saturated carbocycles. The third-order valence-electron chi connectivity index (χ3n) is 5.55. The number of benzene rings is 2. The second-order valence-electron chi connectivity index (χ2n) is 8.29. The monoisotopic (exact) mass is 477 g/mol. The van der Waals surface area contributed by atoms with E-state index >= 15 is 0 Å². The van der Waals surface area contributed by atoms with Crippen LogP contribution in [0.1, 0.15) is 42.4 Å². The zero-order valence-electron chi connectivity index (χ0n) is 17.2. The van der Waals surface area contributed by atoms with Crippen LogP contribution in [0.5, 0.6) is 0 Å². The normalized spacial score (nSPS) is 16.5. The van der Waals surface area contributed by atoms with E-state index in [-0.39, 0.29) is 21.8 Å². The number of hydrogen-bond acceptors (Lipinski definition) is 1. The molecule has 0 saturated heterocycles. The molecule has 174 valence electrons. The lowest BCUT2D eigenvalue weighted by Crippen LogP contribution is -2.34. The molecule has 9 heteroatoms. The van der Waals surface area contributed by atoms with Gasteiger partial charge in [0.2, 0.25) is 5.91 Å². The molecule has 2 aromatic carbocycles. The molecular weight excluding hydrogens is 456 g/mol. The van der Waals surface area contributed by atoms with Crippen molar-refractivity contribution >= 4 is 23.2 Å². The molecule has 2 aromatic rings. The van der Waals surface area contributed by atoms with Gasteiger partial charge in [-0.05, 0) is 54.0 Å². The van der Waals surface area contributed by atoms with Crippen LogP contribution < -0.4 is 5.32 Å². The largest absolute Gasteiger partial charge is 0.393 e. The number of anilines is 1. The molecule has 1 fully saturated rings. The Bertz CT molecular complexity index is 950. The first-order valence-electron chi connectivity index (χ1n) is 10.1. The minimum atomic E-state index is -4.69. The fourth-order valence-corrected chi connectivity index (χ4v) is 3.76. The average molecular weight is 478 g/mol. The molecule has 1 amide bonds. The Morgan fingerprint density at radius 1 is 1.03 bits per heavy atom. The molecule has 0 aliphatic heterocycles. The zero-order chi connectivity index (χ0) is 23.7. The van der Waals surface area contributed by atoms with Crippen molar-refractivity contribution in [2.45, 2.75) is 50.9 Å². The van der Waals surface area contributed by atoms with Crippen molar-refractivity contribution in [3.63, 3.8) is 0 Å². The van der Waals surface area contributed by atoms with E-state index < -0.39 is 36.5 Å². The molecule has 32 heavy (non-hydrogen) atoms. The van der Waals surface area contributed by atoms with Gasteiger partial charge in [0.15, 0.2) is 0 Å². The highest BCUT2D eigenvalue weighted by Crippen LogP contribution is 2.39. The summed E-state index contributed by atoms with van der Waals surface area (Å²) in [6, 6.07) is 9.51. The Balaban J connectivity index is 1.86. The molecule has 1 aliphatic rings. The minimum Gasteiger partial charge on any atom is -0.324 e. The summed E-state index contributed by atoms with van der Waals surface area (Å²) in [6.07, 6.45) is -7.32. The quantitative estimate of drug-likeness (QED) is 0.416. The zero-order valence-corrected chi connectivity index (χ0v) is 17.9. The van der Waals surface area contributed by atoms with E-state index in [1.165, 1.54) is 0 Å². The van der Waals surface area contributed by atoms with Gasteiger partial charge in [-0.2, -0.15) is 26.3 Å². The van der Waals surface area contributed by atoms with Crippen LogP contribution in [-0.4, -0.2) is 18.3 Å². The van der Waals surface area contributed by atoms with Gasteiger partial charge in [-0.1, -0.05) is 48.9 Å². The van der Waals surface area contributed by atoms with Crippen LogP contribution in [0.2, 0.25) is 5.02 Å². The first-order chi connectivity index (χ1) is 14.8. The average Bonchev–Trinajstić information content (AvgIpc) is 3.48. The summed E-state index contributed by atoms with van der Waals surface area (Å²) in [7, 11) is 0. The number of nitrogens with one attached hydrogen (secondary N) is 1. The summed E-state index contributed by atoms with van der Waals surface area (Å²) in [5, 5.41) is 2.69. The number of amides is 1. The second-order valence-corrected chi connectivity index (χ2v) is 8.70. The van der Waals surface area contributed by atoms with Gasteiger partial charge in [0.05, 0.1) is 29.0 Å². The maximum absolute atomic E-state index is 13.5. The number of alkyl halides is 6. The van der Waals surface area contributed by atoms with Gasteiger partial charge in [-0.25, -0.2) is 0 Å². The molecule has 2 atom stereocenters. The van der Waals surface area contributed by atoms with Crippen LogP contribution >= 0.6 is 11.6 Å². The Morgan fingerprint density at radius 2 is 1.62 bits per heavy atom. The number of hydrogen-bond donors (Lipinski definition) is 1. The molecular formula is C23H22ClF6NO. The molecule has 2 unspecified atom stereocenters. The van der Waals surface area contributed by atoms with E-state index in [4.69, 9.17) is 11.6 Å². The fourth-order valence-electron chi connectivity index (χ4n) is 3.59. The fraction of sp³-hybridized carbons (Fsp3) is 0.435. The summed E-state index contributed by atoms with van der Waals surface area (Å²) in [4.78, 5) is 13.0. The van der Waals surface area contributed by atoms with Crippen LogP contribution in [0.3, 0.4) is 0 Å². The van der Waals surface area contributed by atoms with Gasteiger partial charge in [-0.15, -0.1) is 0 Å². The first-order valence-corrected chi connectivity index (χ1v) is 10.5. The third-order valence-corrected chi connectivity index (χ3v) is 5.88. The highest BCUT2D eigenvalue weighted by atomic mass is 35.5. The molecule has 0 spiro atoms.